The molecule has 5 nitrogen and oxygen atoms in total. The zero-order valence-electron chi connectivity index (χ0n) is 16.4. The van der Waals surface area contributed by atoms with Gasteiger partial charge < -0.3 is 5.11 Å². The fourth-order valence-corrected chi connectivity index (χ4v) is 5.21. The molecule has 0 aromatic heterocycles. The van der Waals surface area contributed by atoms with Crippen LogP contribution in [0, 0.1) is 0 Å². The van der Waals surface area contributed by atoms with Crippen molar-refractivity contribution in [2.24, 2.45) is 0 Å². The van der Waals surface area contributed by atoms with Gasteiger partial charge in [0.25, 0.3) is 0 Å². The third-order valence-electron chi connectivity index (χ3n) is 5.06. The summed E-state index contributed by atoms with van der Waals surface area (Å²) in [4.78, 5) is 11.5. The molecule has 2 aromatic rings. The van der Waals surface area contributed by atoms with Crippen molar-refractivity contribution in [3.8, 4) is 11.1 Å². The predicted molar refractivity (Wildman–Crippen MR) is 116 cm³/mol. The van der Waals surface area contributed by atoms with Crippen molar-refractivity contribution >= 4 is 21.6 Å². The fourth-order valence-electron chi connectivity index (χ4n) is 3.47. The molecular formula is C23H25NO4S. The van der Waals surface area contributed by atoms with E-state index in [-0.39, 0.29) is 19.5 Å². The summed E-state index contributed by atoms with van der Waals surface area (Å²) >= 11 is 0. The number of nitrogens with zero attached hydrogens (tertiary/aromatic N) is 1. The highest BCUT2D eigenvalue weighted by Crippen LogP contribution is 2.28. The van der Waals surface area contributed by atoms with Crippen LogP contribution in [0.15, 0.2) is 72.8 Å². The zero-order chi connectivity index (χ0) is 21.0. The van der Waals surface area contributed by atoms with Gasteiger partial charge in [-0.2, -0.15) is 4.31 Å². The number of aliphatic carboxylic acids is 1. The number of hydrogen-bond acceptors (Lipinski definition) is 3. The third-order valence-corrected chi connectivity index (χ3v) is 7.20. The largest absolute Gasteiger partial charge is 0.480 e. The topological polar surface area (TPSA) is 74.7 Å². The molecular weight excluding hydrogens is 386 g/mol. The molecule has 0 saturated carbocycles. The van der Waals surface area contributed by atoms with E-state index in [9.17, 15) is 18.3 Å². The fraction of sp³-hybridized carbons (Fsp3) is 0.261. The van der Waals surface area contributed by atoms with Crippen molar-refractivity contribution in [2.45, 2.75) is 25.0 Å². The van der Waals surface area contributed by atoms with Gasteiger partial charge in [-0.05, 0) is 42.0 Å². The van der Waals surface area contributed by atoms with Crippen LogP contribution in [0.2, 0.25) is 0 Å². The minimum absolute atomic E-state index is 0.0777. The quantitative estimate of drug-likeness (QED) is 0.693. The third kappa shape index (κ3) is 4.83. The summed E-state index contributed by atoms with van der Waals surface area (Å²) < 4.78 is 26.8. The molecule has 0 spiro atoms. The Kier molecular flexibility index (Phi) is 6.35. The minimum Gasteiger partial charge on any atom is -0.480 e. The second-order valence-electron chi connectivity index (χ2n) is 7.31. The molecule has 29 heavy (non-hydrogen) atoms. The molecule has 152 valence electrons. The second-order valence-corrected chi connectivity index (χ2v) is 9.43. The van der Waals surface area contributed by atoms with Crippen LogP contribution in [0.3, 0.4) is 0 Å². The molecule has 0 bridgehead atoms. The van der Waals surface area contributed by atoms with E-state index in [0.29, 0.717) is 12.0 Å². The highest BCUT2D eigenvalue weighted by atomic mass is 32.2. The standard InChI is InChI=1S/C23H25NO4S/c1-17(2)16-22(23(25)26)29(27,28)24-14-12-21(13-15-24)20-10-8-19(9-11-20)18-6-4-3-5-7-18/h3-12,22H,1,13-16H2,2H3,(H,25,26)/t22-/m0/s1. The van der Waals surface area contributed by atoms with E-state index in [0.717, 1.165) is 22.3 Å². The van der Waals surface area contributed by atoms with Crippen LogP contribution in [0.4, 0.5) is 0 Å². The number of sulfonamides is 1. The maximum atomic E-state index is 12.8. The lowest BCUT2D eigenvalue weighted by Gasteiger charge is -2.28. The van der Waals surface area contributed by atoms with Crippen molar-refractivity contribution < 1.29 is 18.3 Å². The average Bonchev–Trinajstić information content (AvgIpc) is 2.72. The minimum atomic E-state index is -3.94. The van der Waals surface area contributed by atoms with Gasteiger partial charge in [0, 0.05) is 13.1 Å². The molecule has 0 saturated heterocycles. The Morgan fingerprint density at radius 1 is 1.07 bits per heavy atom. The smallest absolute Gasteiger partial charge is 0.323 e. The molecule has 0 amide bonds. The van der Waals surface area contributed by atoms with Gasteiger partial charge in [0.2, 0.25) is 10.0 Å². The van der Waals surface area contributed by atoms with Crippen molar-refractivity contribution in [3.05, 3.63) is 78.4 Å². The summed E-state index contributed by atoms with van der Waals surface area (Å²) in [6.45, 7) is 5.75. The molecule has 1 atom stereocenters. The van der Waals surface area contributed by atoms with Crippen LogP contribution in [0.1, 0.15) is 25.3 Å². The Morgan fingerprint density at radius 3 is 2.17 bits per heavy atom. The predicted octanol–water partition coefficient (Wildman–Crippen LogP) is 4.19. The molecule has 0 unspecified atom stereocenters. The lowest BCUT2D eigenvalue weighted by Crippen LogP contribution is -2.44. The van der Waals surface area contributed by atoms with Gasteiger partial charge in [0.1, 0.15) is 0 Å². The highest BCUT2D eigenvalue weighted by molar-refractivity contribution is 7.90. The summed E-state index contributed by atoms with van der Waals surface area (Å²) in [5, 5.41) is 7.89. The molecule has 1 aliphatic rings. The van der Waals surface area contributed by atoms with Crippen LogP contribution in [0.5, 0.6) is 0 Å². The summed E-state index contributed by atoms with van der Waals surface area (Å²) in [6.07, 6.45) is 2.34. The van der Waals surface area contributed by atoms with Gasteiger partial charge in [0.15, 0.2) is 5.25 Å². The van der Waals surface area contributed by atoms with E-state index in [2.05, 4.69) is 30.8 Å². The number of carbonyl (C=O) groups is 1. The molecule has 1 N–H and O–H groups in total. The summed E-state index contributed by atoms with van der Waals surface area (Å²) in [7, 11) is -3.94. The lowest BCUT2D eigenvalue weighted by atomic mass is 9.97. The first-order chi connectivity index (χ1) is 13.8. The Morgan fingerprint density at radius 2 is 1.66 bits per heavy atom. The van der Waals surface area contributed by atoms with Gasteiger partial charge in [-0.15, -0.1) is 6.58 Å². The SMILES string of the molecule is C=C(C)C[C@@H](C(=O)O)S(=O)(=O)N1CC=C(c2ccc(-c3ccccc3)cc2)CC1. The van der Waals surface area contributed by atoms with Gasteiger partial charge in [-0.1, -0.05) is 66.2 Å². The first-order valence-electron chi connectivity index (χ1n) is 9.50. The summed E-state index contributed by atoms with van der Waals surface area (Å²) in [5.41, 5.74) is 4.93. The van der Waals surface area contributed by atoms with Crippen molar-refractivity contribution in [1.29, 1.82) is 0 Å². The molecule has 6 heteroatoms. The maximum Gasteiger partial charge on any atom is 0.323 e. The van der Waals surface area contributed by atoms with E-state index < -0.39 is 21.2 Å². The summed E-state index contributed by atoms with van der Waals surface area (Å²) in [5.74, 6) is -1.33. The Bertz CT molecular complexity index is 1020. The first kappa shape index (κ1) is 21.0. The van der Waals surface area contributed by atoms with Gasteiger partial charge in [-0.3, -0.25) is 4.79 Å². The molecule has 0 fully saturated rings. The van der Waals surface area contributed by atoms with Crippen LogP contribution in [-0.2, 0) is 14.8 Å². The monoisotopic (exact) mass is 411 g/mol. The van der Waals surface area contributed by atoms with Crippen molar-refractivity contribution in [1.82, 2.24) is 4.31 Å². The Balaban J connectivity index is 1.75. The number of allylic oxidation sites excluding steroid dienone is 1. The summed E-state index contributed by atoms with van der Waals surface area (Å²) in [6, 6.07) is 18.3. The number of carboxylic acids is 1. The Hall–Kier alpha value is -2.70. The van der Waals surface area contributed by atoms with Crippen molar-refractivity contribution in [2.75, 3.05) is 13.1 Å². The molecule has 0 aliphatic carbocycles. The van der Waals surface area contributed by atoms with E-state index in [4.69, 9.17) is 0 Å². The second kappa shape index (κ2) is 8.76. The highest BCUT2D eigenvalue weighted by Gasteiger charge is 2.37. The number of carboxylic acid groups (broad SMARTS) is 1. The molecule has 3 rings (SSSR count). The molecule has 2 aromatic carbocycles. The van der Waals surface area contributed by atoms with Crippen molar-refractivity contribution in [3.63, 3.8) is 0 Å². The average molecular weight is 412 g/mol. The first-order valence-corrected chi connectivity index (χ1v) is 11.0. The van der Waals surface area contributed by atoms with Gasteiger partial charge in [-0.25, -0.2) is 8.42 Å². The lowest BCUT2D eigenvalue weighted by molar-refractivity contribution is -0.136. The van der Waals surface area contributed by atoms with Crippen LogP contribution >= 0.6 is 0 Å². The number of benzene rings is 2. The molecule has 1 heterocycles. The molecule has 0 radical (unpaired) electrons. The zero-order valence-corrected chi connectivity index (χ0v) is 17.2. The van der Waals surface area contributed by atoms with E-state index >= 15 is 0 Å². The normalized spacial score (nSPS) is 16.1. The number of rotatable bonds is 7. The van der Waals surface area contributed by atoms with Gasteiger partial charge in [0.05, 0.1) is 0 Å². The van der Waals surface area contributed by atoms with E-state index in [1.807, 2.05) is 36.4 Å². The van der Waals surface area contributed by atoms with Crippen LogP contribution in [0.25, 0.3) is 16.7 Å². The van der Waals surface area contributed by atoms with Crippen LogP contribution < -0.4 is 0 Å². The molecule has 1 aliphatic heterocycles. The maximum absolute atomic E-state index is 12.8. The van der Waals surface area contributed by atoms with E-state index in [1.54, 1.807) is 6.92 Å². The van der Waals surface area contributed by atoms with Crippen LogP contribution in [-0.4, -0.2) is 42.1 Å². The van der Waals surface area contributed by atoms with E-state index in [1.165, 1.54) is 4.31 Å². The van der Waals surface area contributed by atoms with Gasteiger partial charge >= 0.3 is 5.97 Å². The number of hydrogen-bond donors (Lipinski definition) is 1. The Labute approximate surface area is 172 Å².